The van der Waals surface area contributed by atoms with Gasteiger partial charge in [0.1, 0.15) is 0 Å². The van der Waals surface area contributed by atoms with Gasteiger partial charge in [0.15, 0.2) is 0 Å². The molecule has 23 heavy (non-hydrogen) atoms. The summed E-state index contributed by atoms with van der Waals surface area (Å²) in [6.07, 6.45) is 1.84. The molecule has 1 aromatic rings. The summed E-state index contributed by atoms with van der Waals surface area (Å²) in [5.74, 6) is -1.46. The quantitative estimate of drug-likeness (QED) is 0.920. The second kappa shape index (κ2) is 5.31. The number of carboxylic acid groups (broad SMARTS) is 1. The Morgan fingerprint density at radius 3 is 2.17 bits per heavy atom. The van der Waals surface area contributed by atoms with Crippen LogP contribution in [0.3, 0.4) is 0 Å². The highest BCUT2D eigenvalue weighted by Crippen LogP contribution is 2.46. The first-order valence-electron chi connectivity index (χ1n) is 8.00. The smallest absolute Gasteiger partial charge is 0.308 e. The molecule has 1 N–H and O–H groups in total. The van der Waals surface area contributed by atoms with E-state index in [-0.39, 0.29) is 6.04 Å². The Kier molecular flexibility index (Phi) is 3.80. The van der Waals surface area contributed by atoms with Crippen LogP contribution in [0.2, 0.25) is 0 Å². The van der Waals surface area contributed by atoms with Crippen molar-refractivity contribution in [2.75, 3.05) is 0 Å². The van der Waals surface area contributed by atoms with E-state index in [9.17, 15) is 18.3 Å². The van der Waals surface area contributed by atoms with Crippen LogP contribution in [0.4, 0.5) is 0 Å². The monoisotopic (exact) mass is 337 g/mol. The van der Waals surface area contributed by atoms with Crippen molar-refractivity contribution in [1.29, 1.82) is 0 Å². The van der Waals surface area contributed by atoms with Crippen LogP contribution in [0.15, 0.2) is 11.0 Å². The van der Waals surface area contributed by atoms with Crippen molar-refractivity contribution in [3.05, 3.63) is 28.3 Å². The number of aryl methyl sites for hydroxylation is 2. The normalized spacial score (nSPS) is 27.6. The third-order valence-electron chi connectivity index (χ3n) is 5.62. The predicted molar refractivity (Wildman–Crippen MR) is 87.0 cm³/mol. The van der Waals surface area contributed by atoms with Gasteiger partial charge in [0.05, 0.1) is 10.8 Å². The summed E-state index contributed by atoms with van der Waals surface area (Å²) >= 11 is 0. The second-order valence-electron chi connectivity index (χ2n) is 6.90. The van der Waals surface area contributed by atoms with Crippen LogP contribution in [-0.2, 0) is 14.8 Å². The fourth-order valence-electron chi connectivity index (χ4n) is 4.25. The van der Waals surface area contributed by atoms with Crippen LogP contribution in [0.5, 0.6) is 0 Å². The van der Waals surface area contributed by atoms with Crippen molar-refractivity contribution >= 4 is 16.0 Å². The van der Waals surface area contributed by atoms with Crippen LogP contribution in [0.1, 0.15) is 41.5 Å². The summed E-state index contributed by atoms with van der Waals surface area (Å²) < 4.78 is 28.2. The standard InChI is InChI=1S/C17H23NO4S/c1-9-7-10(2)12(4)16(11(9)3)23(21,22)18-13-5-6-15(18)14(8-13)17(19)20/h7,13-15H,5-6,8H2,1-4H3,(H,19,20). The molecule has 2 fully saturated rings. The highest BCUT2D eigenvalue weighted by Gasteiger charge is 2.54. The van der Waals surface area contributed by atoms with Crippen molar-refractivity contribution < 1.29 is 18.3 Å². The van der Waals surface area contributed by atoms with Crippen molar-refractivity contribution in [2.24, 2.45) is 5.92 Å². The number of hydrogen-bond donors (Lipinski definition) is 1. The summed E-state index contributed by atoms with van der Waals surface area (Å²) in [6.45, 7) is 7.50. The molecule has 2 aliphatic heterocycles. The van der Waals surface area contributed by atoms with Gasteiger partial charge in [-0.05, 0) is 69.2 Å². The molecule has 1 aromatic carbocycles. The highest BCUT2D eigenvalue weighted by atomic mass is 32.2. The summed E-state index contributed by atoms with van der Waals surface area (Å²) in [6, 6.07) is 1.43. The van der Waals surface area contributed by atoms with Gasteiger partial charge in [-0.2, -0.15) is 4.31 Å². The van der Waals surface area contributed by atoms with Gasteiger partial charge in [-0.15, -0.1) is 0 Å². The molecular formula is C17H23NO4S. The Morgan fingerprint density at radius 1 is 1.13 bits per heavy atom. The van der Waals surface area contributed by atoms with Crippen LogP contribution in [-0.4, -0.2) is 35.9 Å². The fraction of sp³-hybridized carbons (Fsp3) is 0.588. The van der Waals surface area contributed by atoms with E-state index in [1.54, 1.807) is 0 Å². The predicted octanol–water partition coefficient (Wildman–Crippen LogP) is 2.55. The number of fused-ring (bicyclic) bond motifs is 2. The molecule has 126 valence electrons. The van der Waals surface area contributed by atoms with Gasteiger partial charge >= 0.3 is 5.97 Å². The molecule has 3 atom stereocenters. The number of aliphatic carboxylic acids is 1. The molecule has 0 saturated carbocycles. The van der Waals surface area contributed by atoms with Gasteiger partial charge in [0.25, 0.3) is 0 Å². The molecule has 6 heteroatoms. The Balaban J connectivity index is 2.13. The molecule has 0 aliphatic carbocycles. The second-order valence-corrected chi connectivity index (χ2v) is 8.68. The van der Waals surface area contributed by atoms with Crippen LogP contribution < -0.4 is 0 Å². The largest absolute Gasteiger partial charge is 0.481 e. The van der Waals surface area contributed by atoms with Gasteiger partial charge in [-0.1, -0.05) is 6.07 Å². The lowest BCUT2D eigenvalue weighted by atomic mass is 9.89. The van der Waals surface area contributed by atoms with E-state index in [2.05, 4.69) is 0 Å². The van der Waals surface area contributed by atoms with Crippen molar-refractivity contribution in [3.8, 4) is 0 Å². The summed E-state index contributed by atoms with van der Waals surface area (Å²) in [4.78, 5) is 11.8. The van der Waals surface area contributed by atoms with E-state index >= 15 is 0 Å². The third-order valence-corrected chi connectivity index (χ3v) is 7.88. The Bertz CT molecular complexity index is 758. The lowest BCUT2D eigenvalue weighted by Crippen LogP contribution is -2.38. The average molecular weight is 337 g/mol. The van der Waals surface area contributed by atoms with E-state index in [0.717, 1.165) is 28.7 Å². The van der Waals surface area contributed by atoms with Crippen LogP contribution >= 0.6 is 0 Å². The highest BCUT2D eigenvalue weighted by molar-refractivity contribution is 7.89. The van der Waals surface area contributed by atoms with Crippen molar-refractivity contribution in [1.82, 2.24) is 4.31 Å². The molecule has 0 amide bonds. The number of benzene rings is 1. The zero-order chi connectivity index (χ0) is 17.1. The van der Waals surface area contributed by atoms with E-state index < -0.39 is 28.0 Å². The molecule has 5 nitrogen and oxygen atoms in total. The molecule has 0 radical (unpaired) electrons. The first-order valence-corrected chi connectivity index (χ1v) is 9.44. The van der Waals surface area contributed by atoms with Gasteiger partial charge < -0.3 is 5.11 Å². The van der Waals surface area contributed by atoms with Gasteiger partial charge in [-0.3, -0.25) is 4.79 Å². The first kappa shape index (κ1) is 16.5. The maximum absolute atomic E-state index is 13.3. The fourth-order valence-corrected chi connectivity index (χ4v) is 6.75. The van der Waals surface area contributed by atoms with E-state index in [1.807, 2.05) is 33.8 Å². The minimum atomic E-state index is -3.68. The maximum atomic E-state index is 13.3. The minimum Gasteiger partial charge on any atom is -0.481 e. The van der Waals surface area contributed by atoms with Crippen molar-refractivity contribution in [3.63, 3.8) is 0 Å². The number of carboxylic acids is 1. The van der Waals surface area contributed by atoms with E-state index in [0.29, 0.717) is 17.7 Å². The lowest BCUT2D eigenvalue weighted by molar-refractivity contribution is -0.142. The SMILES string of the molecule is Cc1cc(C)c(C)c(S(=O)(=O)N2C3CCC2C(C(=O)O)C3)c1C. The zero-order valence-electron chi connectivity index (χ0n) is 14.0. The molecule has 2 heterocycles. The number of sulfonamides is 1. The molecule has 2 saturated heterocycles. The topological polar surface area (TPSA) is 74.7 Å². The molecular weight excluding hydrogens is 314 g/mol. The van der Waals surface area contributed by atoms with Gasteiger partial charge in [0.2, 0.25) is 10.0 Å². The summed E-state index contributed by atoms with van der Waals surface area (Å²) in [7, 11) is -3.68. The zero-order valence-corrected chi connectivity index (χ0v) is 14.8. The van der Waals surface area contributed by atoms with E-state index in [4.69, 9.17) is 0 Å². The Hall–Kier alpha value is -1.40. The van der Waals surface area contributed by atoms with E-state index in [1.165, 1.54) is 4.31 Å². The number of rotatable bonds is 3. The third kappa shape index (κ3) is 2.31. The maximum Gasteiger partial charge on any atom is 0.308 e. The summed E-state index contributed by atoms with van der Waals surface area (Å²) in [5, 5.41) is 9.37. The van der Waals surface area contributed by atoms with Crippen molar-refractivity contribution in [2.45, 2.75) is 63.9 Å². The van der Waals surface area contributed by atoms with Gasteiger partial charge in [0, 0.05) is 12.1 Å². The molecule has 2 aliphatic rings. The molecule has 0 spiro atoms. The molecule has 0 aromatic heterocycles. The number of nitrogens with zero attached hydrogens (tertiary/aromatic N) is 1. The number of hydrogen-bond acceptors (Lipinski definition) is 3. The number of carbonyl (C=O) groups is 1. The Labute approximate surface area is 137 Å². The molecule has 2 bridgehead atoms. The lowest BCUT2D eigenvalue weighted by Gasteiger charge is -2.25. The van der Waals surface area contributed by atoms with Crippen LogP contribution in [0, 0.1) is 33.6 Å². The minimum absolute atomic E-state index is 0.175. The molecule has 3 rings (SSSR count). The Morgan fingerprint density at radius 2 is 1.70 bits per heavy atom. The molecule has 3 unspecified atom stereocenters. The summed E-state index contributed by atoms with van der Waals surface area (Å²) in [5.41, 5.74) is 3.44. The average Bonchev–Trinajstić information content (AvgIpc) is 3.03. The first-order chi connectivity index (χ1) is 10.7. The van der Waals surface area contributed by atoms with Gasteiger partial charge in [-0.25, -0.2) is 8.42 Å². The van der Waals surface area contributed by atoms with Crippen LogP contribution in [0.25, 0.3) is 0 Å².